The molecule has 0 bridgehead atoms. The van der Waals surface area contributed by atoms with Crippen LogP contribution in [-0.4, -0.2) is 103 Å². The number of aliphatic carboxylic acids is 3. The molecule has 202 valence electrons. The Labute approximate surface area is 203 Å². The maximum Gasteiger partial charge on any atom is 0.407 e. The number of nitrogens with one attached hydrogen (secondary N) is 2. The standard InChI is InChI=1S/C21H36N2O12/c1-20(2,3)35-19(31)22-8-4-15(24)23-21(12-32-9-5-16(25)26,13-33-10-6-17(27)28)14-34-11-7-18(29)30/h4-14H2,1-3H3,(H,22,31)(H,23,24)(H,25,26)(H,27,28)(H,29,30). The van der Waals surface area contributed by atoms with E-state index in [0.717, 1.165) is 0 Å². The molecule has 0 aromatic rings. The topological polar surface area (TPSA) is 207 Å². The fourth-order valence-corrected chi connectivity index (χ4v) is 2.46. The van der Waals surface area contributed by atoms with Crippen LogP contribution in [0, 0.1) is 0 Å². The number of ether oxygens (including phenoxy) is 4. The number of hydrogen-bond acceptors (Lipinski definition) is 9. The summed E-state index contributed by atoms with van der Waals surface area (Å²) in [6.45, 7) is 3.68. The molecule has 0 saturated carbocycles. The first-order chi connectivity index (χ1) is 16.2. The van der Waals surface area contributed by atoms with E-state index in [9.17, 15) is 24.0 Å². The second-order valence-corrected chi connectivity index (χ2v) is 8.60. The quantitative estimate of drug-likeness (QED) is 0.149. The number of carboxylic acid groups (broad SMARTS) is 3. The molecule has 0 unspecified atom stereocenters. The van der Waals surface area contributed by atoms with E-state index in [-0.39, 0.29) is 71.9 Å². The molecule has 0 atom stereocenters. The Morgan fingerprint density at radius 2 is 1.09 bits per heavy atom. The van der Waals surface area contributed by atoms with Gasteiger partial charge in [0.2, 0.25) is 5.91 Å². The SMILES string of the molecule is CC(C)(C)OC(=O)NCCC(=O)NC(COCCC(=O)O)(COCCC(=O)O)COCCC(=O)O. The summed E-state index contributed by atoms with van der Waals surface area (Å²) in [7, 11) is 0. The summed E-state index contributed by atoms with van der Waals surface area (Å²) in [6.07, 6.45) is -1.78. The molecule has 2 amide bonds. The minimum atomic E-state index is -1.38. The number of carbonyl (C=O) groups excluding carboxylic acids is 2. The van der Waals surface area contributed by atoms with Crippen LogP contribution in [0.15, 0.2) is 0 Å². The van der Waals surface area contributed by atoms with Crippen molar-refractivity contribution in [3.8, 4) is 0 Å². The lowest BCUT2D eigenvalue weighted by Gasteiger charge is -2.34. The van der Waals surface area contributed by atoms with Crippen LogP contribution in [0.1, 0.15) is 46.5 Å². The van der Waals surface area contributed by atoms with E-state index in [4.69, 9.17) is 34.3 Å². The average molecular weight is 509 g/mol. The van der Waals surface area contributed by atoms with E-state index in [1.807, 2.05) is 0 Å². The van der Waals surface area contributed by atoms with Crippen LogP contribution in [0.4, 0.5) is 4.79 Å². The van der Waals surface area contributed by atoms with Gasteiger partial charge in [0.15, 0.2) is 0 Å². The molecule has 0 rings (SSSR count). The molecule has 0 spiro atoms. The van der Waals surface area contributed by atoms with Gasteiger partial charge in [-0.1, -0.05) is 0 Å². The molecule has 0 aromatic heterocycles. The average Bonchev–Trinajstić information content (AvgIpc) is 2.70. The maximum atomic E-state index is 12.6. The van der Waals surface area contributed by atoms with Crippen LogP contribution in [0.25, 0.3) is 0 Å². The molecule has 0 aliphatic heterocycles. The summed E-state index contributed by atoms with van der Waals surface area (Å²) in [5.41, 5.74) is -2.09. The number of alkyl carbamates (subject to hydrolysis) is 1. The molecule has 0 aliphatic rings. The molecule has 0 aromatic carbocycles. The lowest BCUT2D eigenvalue weighted by molar-refractivity contribution is -0.140. The molecule has 0 aliphatic carbocycles. The Balaban J connectivity index is 5.21. The third kappa shape index (κ3) is 19.1. The highest BCUT2D eigenvalue weighted by atomic mass is 16.6. The molecule has 0 heterocycles. The Kier molecular flexibility index (Phi) is 15.2. The number of hydrogen-bond donors (Lipinski definition) is 5. The minimum Gasteiger partial charge on any atom is -0.481 e. The van der Waals surface area contributed by atoms with Gasteiger partial charge in [-0.25, -0.2) is 4.79 Å². The van der Waals surface area contributed by atoms with Gasteiger partial charge in [0.1, 0.15) is 11.1 Å². The van der Waals surface area contributed by atoms with Gasteiger partial charge in [-0.15, -0.1) is 0 Å². The number of rotatable bonds is 19. The van der Waals surface area contributed by atoms with E-state index in [0.29, 0.717) is 0 Å². The van der Waals surface area contributed by atoms with Crippen molar-refractivity contribution in [1.29, 1.82) is 0 Å². The molecule has 0 saturated heterocycles. The fourth-order valence-electron chi connectivity index (χ4n) is 2.46. The van der Waals surface area contributed by atoms with Crippen LogP contribution in [0.5, 0.6) is 0 Å². The zero-order chi connectivity index (χ0) is 26.9. The van der Waals surface area contributed by atoms with Crippen molar-refractivity contribution < 1.29 is 58.2 Å². The third-order valence-corrected chi connectivity index (χ3v) is 3.94. The summed E-state index contributed by atoms with van der Waals surface area (Å²) in [5, 5.41) is 31.5. The molecular weight excluding hydrogens is 472 g/mol. The number of carboxylic acids is 3. The van der Waals surface area contributed by atoms with Crippen molar-refractivity contribution in [1.82, 2.24) is 10.6 Å². The molecule has 35 heavy (non-hydrogen) atoms. The Bertz CT molecular complexity index is 650. The van der Waals surface area contributed by atoms with E-state index in [1.54, 1.807) is 20.8 Å². The van der Waals surface area contributed by atoms with Gasteiger partial charge < -0.3 is 44.9 Å². The first kappa shape index (κ1) is 32.0. The van der Waals surface area contributed by atoms with Crippen LogP contribution < -0.4 is 10.6 Å². The van der Waals surface area contributed by atoms with Gasteiger partial charge in [-0.2, -0.15) is 0 Å². The summed E-state index contributed by atoms with van der Waals surface area (Å²) < 4.78 is 21.2. The van der Waals surface area contributed by atoms with Crippen molar-refractivity contribution in [3.05, 3.63) is 0 Å². The van der Waals surface area contributed by atoms with Crippen molar-refractivity contribution in [2.45, 2.75) is 57.6 Å². The van der Waals surface area contributed by atoms with E-state index in [1.165, 1.54) is 0 Å². The fraction of sp³-hybridized carbons (Fsp3) is 0.762. The molecule has 0 radical (unpaired) electrons. The lowest BCUT2D eigenvalue weighted by atomic mass is 10.0. The zero-order valence-corrected chi connectivity index (χ0v) is 20.3. The maximum absolute atomic E-state index is 12.6. The second-order valence-electron chi connectivity index (χ2n) is 8.60. The normalized spacial score (nSPS) is 11.5. The number of carbonyl (C=O) groups is 5. The summed E-state index contributed by atoms with van der Waals surface area (Å²) in [6, 6.07) is 0. The molecule has 14 heteroatoms. The van der Waals surface area contributed by atoms with Crippen molar-refractivity contribution >= 4 is 29.9 Å². The third-order valence-electron chi connectivity index (χ3n) is 3.94. The molecule has 0 fully saturated rings. The highest BCUT2D eigenvalue weighted by Crippen LogP contribution is 2.11. The van der Waals surface area contributed by atoms with E-state index < -0.39 is 41.0 Å². The number of amides is 2. The molecule has 14 nitrogen and oxygen atoms in total. The predicted molar refractivity (Wildman–Crippen MR) is 119 cm³/mol. The van der Waals surface area contributed by atoms with Crippen LogP contribution in [0.3, 0.4) is 0 Å². The van der Waals surface area contributed by atoms with Gasteiger partial charge in [0, 0.05) is 13.0 Å². The summed E-state index contributed by atoms with van der Waals surface area (Å²) >= 11 is 0. The largest absolute Gasteiger partial charge is 0.481 e. The zero-order valence-electron chi connectivity index (χ0n) is 20.3. The van der Waals surface area contributed by atoms with Crippen LogP contribution in [0.2, 0.25) is 0 Å². The van der Waals surface area contributed by atoms with Crippen LogP contribution in [-0.2, 0) is 38.1 Å². The van der Waals surface area contributed by atoms with Crippen molar-refractivity contribution in [2.24, 2.45) is 0 Å². The van der Waals surface area contributed by atoms with Crippen molar-refractivity contribution in [2.75, 3.05) is 46.2 Å². The smallest absolute Gasteiger partial charge is 0.407 e. The Morgan fingerprint density at radius 3 is 1.43 bits per heavy atom. The van der Waals surface area contributed by atoms with Crippen molar-refractivity contribution in [3.63, 3.8) is 0 Å². The van der Waals surface area contributed by atoms with Gasteiger partial charge in [0.05, 0.1) is 58.9 Å². The van der Waals surface area contributed by atoms with Gasteiger partial charge in [-0.05, 0) is 20.8 Å². The Morgan fingerprint density at radius 1 is 0.686 bits per heavy atom. The van der Waals surface area contributed by atoms with E-state index >= 15 is 0 Å². The van der Waals surface area contributed by atoms with Gasteiger partial charge in [-0.3, -0.25) is 19.2 Å². The Hall–Kier alpha value is -2.97. The highest BCUT2D eigenvalue weighted by Gasteiger charge is 2.34. The molecule has 5 N–H and O–H groups in total. The molecular formula is C21H36N2O12. The monoisotopic (exact) mass is 508 g/mol. The summed E-state index contributed by atoms with van der Waals surface area (Å²) in [4.78, 5) is 56.6. The van der Waals surface area contributed by atoms with E-state index in [2.05, 4.69) is 10.6 Å². The first-order valence-electron chi connectivity index (χ1n) is 10.9. The minimum absolute atomic E-state index is 0.0591. The van der Waals surface area contributed by atoms with Gasteiger partial charge >= 0.3 is 24.0 Å². The summed E-state index contributed by atoms with van der Waals surface area (Å²) in [5.74, 6) is -3.83. The predicted octanol–water partition coefficient (Wildman–Crippen LogP) is 0.230. The van der Waals surface area contributed by atoms with Gasteiger partial charge in [0.25, 0.3) is 0 Å². The van der Waals surface area contributed by atoms with Crippen LogP contribution >= 0.6 is 0 Å². The first-order valence-corrected chi connectivity index (χ1v) is 10.9. The lowest BCUT2D eigenvalue weighted by Crippen LogP contribution is -2.59. The second kappa shape index (κ2) is 16.6. The highest BCUT2D eigenvalue weighted by molar-refractivity contribution is 5.78.